The first kappa shape index (κ1) is 16.7. The highest BCUT2D eigenvalue weighted by Crippen LogP contribution is 2.13. The summed E-state index contributed by atoms with van der Waals surface area (Å²) in [5.41, 5.74) is 0.140. The molecule has 0 spiro atoms. The molecular formula is C18H23N3O3. The van der Waals surface area contributed by atoms with E-state index in [1.54, 1.807) is 24.1 Å². The lowest BCUT2D eigenvalue weighted by molar-refractivity contribution is 0.0445. The van der Waals surface area contributed by atoms with Crippen molar-refractivity contribution >= 4 is 16.7 Å². The molecule has 1 aromatic heterocycles. The van der Waals surface area contributed by atoms with Crippen LogP contribution in [0.1, 0.15) is 17.4 Å². The first-order valence-corrected chi connectivity index (χ1v) is 8.24. The molecule has 24 heavy (non-hydrogen) atoms. The minimum Gasteiger partial charge on any atom is -0.383 e. The number of ether oxygens (including phenoxy) is 1. The fourth-order valence-electron chi connectivity index (χ4n) is 3.21. The van der Waals surface area contributed by atoms with Gasteiger partial charge >= 0.3 is 0 Å². The van der Waals surface area contributed by atoms with E-state index >= 15 is 0 Å². The molecule has 0 radical (unpaired) electrons. The van der Waals surface area contributed by atoms with Gasteiger partial charge < -0.3 is 14.6 Å². The quantitative estimate of drug-likeness (QED) is 0.919. The summed E-state index contributed by atoms with van der Waals surface area (Å²) in [7, 11) is 1.70. The zero-order valence-electron chi connectivity index (χ0n) is 14.1. The van der Waals surface area contributed by atoms with E-state index in [0.29, 0.717) is 36.8 Å². The largest absolute Gasteiger partial charge is 0.383 e. The fraction of sp³-hybridized carbons (Fsp3) is 0.444. The third-order valence-corrected chi connectivity index (χ3v) is 4.62. The standard InChI is InChI=1S/C18H23N3O3/c1-13(12-24-2)20-7-9-21(10-8-20)18(23)16-11-14-5-3-4-6-15(14)17(22)19-16/h3-6,11,13H,7-10,12H2,1-2H3,(H,19,22). The molecule has 1 amide bonds. The Kier molecular flexibility index (Phi) is 4.97. The minimum atomic E-state index is -0.219. The van der Waals surface area contributed by atoms with Crippen LogP contribution in [0, 0.1) is 0 Å². The van der Waals surface area contributed by atoms with E-state index in [-0.39, 0.29) is 11.5 Å². The van der Waals surface area contributed by atoms with Crippen molar-refractivity contribution in [2.45, 2.75) is 13.0 Å². The SMILES string of the molecule is COCC(C)N1CCN(C(=O)c2cc3ccccc3c(=O)[nH]2)CC1. The van der Waals surface area contributed by atoms with Gasteiger partial charge in [0, 0.05) is 44.7 Å². The number of piperazine rings is 1. The van der Waals surface area contributed by atoms with E-state index in [0.717, 1.165) is 18.5 Å². The van der Waals surface area contributed by atoms with Crippen LogP contribution in [0.5, 0.6) is 0 Å². The van der Waals surface area contributed by atoms with Crippen molar-refractivity contribution < 1.29 is 9.53 Å². The number of aromatic nitrogens is 1. The molecule has 128 valence electrons. The van der Waals surface area contributed by atoms with Crippen molar-refractivity contribution in [3.05, 3.63) is 46.4 Å². The third-order valence-electron chi connectivity index (χ3n) is 4.62. The molecule has 0 saturated carbocycles. The number of hydrogen-bond donors (Lipinski definition) is 1. The topological polar surface area (TPSA) is 65.6 Å². The molecule has 6 nitrogen and oxygen atoms in total. The fourth-order valence-corrected chi connectivity index (χ4v) is 3.21. The molecule has 2 aromatic rings. The van der Waals surface area contributed by atoms with Crippen LogP contribution in [0.2, 0.25) is 0 Å². The Hall–Kier alpha value is -2.18. The molecule has 1 fully saturated rings. The second kappa shape index (κ2) is 7.15. The highest BCUT2D eigenvalue weighted by atomic mass is 16.5. The molecule has 1 N–H and O–H groups in total. The molecule has 1 aromatic carbocycles. The Morgan fingerprint density at radius 2 is 1.96 bits per heavy atom. The second-order valence-electron chi connectivity index (χ2n) is 6.23. The molecular weight excluding hydrogens is 306 g/mol. The van der Waals surface area contributed by atoms with Gasteiger partial charge in [-0.3, -0.25) is 14.5 Å². The Morgan fingerprint density at radius 3 is 2.67 bits per heavy atom. The first-order chi connectivity index (χ1) is 11.6. The number of carbonyl (C=O) groups excluding carboxylic acids is 1. The molecule has 6 heteroatoms. The van der Waals surface area contributed by atoms with Crippen LogP contribution in [-0.2, 0) is 4.74 Å². The molecule has 1 saturated heterocycles. The second-order valence-corrected chi connectivity index (χ2v) is 6.23. The van der Waals surface area contributed by atoms with Crippen LogP contribution >= 0.6 is 0 Å². The van der Waals surface area contributed by atoms with Crippen LogP contribution in [0.25, 0.3) is 10.8 Å². The number of fused-ring (bicyclic) bond motifs is 1. The molecule has 1 unspecified atom stereocenters. The third kappa shape index (κ3) is 3.34. The summed E-state index contributed by atoms with van der Waals surface area (Å²) < 4.78 is 5.19. The monoisotopic (exact) mass is 329 g/mol. The number of nitrogens with zero attached hydrogens (tertiary/aromatic N) is 2. The number of benzene rings is 1. The van der Waals surface area contributed by atoms with E-state index in [4.69, 9.17) is 4.74 Å². The maximum atomic E-state index is 12.7. The maximum Gasteiger partial charge on any atom is 0.270 e. The van der Waals surface area contributed by atoms with Gasteiger partial charge in [0.05, 0.1) is 6.61 Å². The lowest BCUT2D eigenvalue weighted by Crippen LogP contribution is -2.52. The van der Waals surface area contributed by atoms with Crippen LogP contribution in [-0.4, -0.2) is 66.6 Å². The van der Waals surface area contributed by atoms with Crippen molar-refractivity contribution in [3.63, 3.8) is 0 Å². The van der Waals surface area contributed by atoms with Gasteiger partial charge in [-0.1, -0.05) is 18.2 Å². The number of H-pyrrole nitrogens is 1. The molecule has 3 rings (SSSR count). The van der Waals surface area contributed by atoms with Crippen molar-refractivity contribution in [2.24, 2.45) is 0 Å². The van der Waals surface area contributed by atoms with E-state index < -0.39 is 0 Å². The van der Waals surface area contributed by atoms with Crippen LogP contribution in [0.4, 0.5) is 0 Å². The van der Waals surface area contributed by atoms with Gasteiger partial charge in [0.25, 0.3) is 11.5 Å². The average Bonchev–Trinajstić information content (AvgIpc) is 2.61. The smallest absolute Gasteiger partial charge is 0.270 e. The van der Waals surface area contributed by atoms with Gasteiger partial charge in [-0.15, -0.1) is 0 Å². The van der Waals surface area contributed by atoms with E-state index in [2.05, 4.69) is 16.8 Å². The lowest BCUT2D eigenvalue weighted by Gasteiger charge is -2.37. The summed E-state index contributed by atoms with van der Waals surface area (Å²) in [6.07, 6.45) is 0. The summed E-state index contributed by atoms with van der Waals surface area (Å²) in [5, 5.41) is 1.39. The van der Waals surface area contributed by atoms with Crippen LogP contribution in [0.15, 0.2) is 35.1 Å². The molecule has 1 aliphatic heterocycles. The number of hydrogen-bond acceptors (Lipinski definition) is 4. The predicted molar refractivity (Wildman–Crippen MR) is 93.4 cm³/mol. The van der Waals surface area contributed by atoms with Gasteiger partial charge in [0.1, 0.15) is 5.69 Å². The van der Waals surface area contributed by atoms with Crippen molar-refractivity contribution in [3.8, 4) is 0 Å². The normalized spacial score (nSPS) is 17.2. The minimum absolute atomic E-state index is 0.114. The first-order valence-electron chi connectivity index (χ1n) is 8.24. The predicted octanol–water partition coefficient (Wildman–Crippen LogP) is 1.32. The zero-order valence-corrected chi connectivity index (χ0v) is 14.1. The number of methoxy groups -OCH3 is 1. The van der Waals surface area contributed by atoms with Gasteiger partial charge in [0.2, 0.25) is 0 Å². The van der Waals surface area contributed by atoms with Crippen LogP contribution < -0.4 is 5.56 Å². The summed E-state index contributed by atoms with van der Waals surface area (Å²) in [6, 6.07) is 9.40. The van der Waals surface area contributed by atoms with Gasteiger partial charge in [-0.05, 0) is 24.4 Å². The Labute approximate surface area is 141 Å². The van der Waals surface area contributed by atoms with Gasteiger partial charge in [-0.25, -0.2) is 0 Å². The number of carbonyl (C=O) groups is 1. The summed E-state index contributed by atoms with van der Waals surface area (Å²) >= 11 is 0. The molecule has 0 aliphatic carbocycles. The Morgan fingerprint density at radius 1 is 1.25 bits per heavy atom. The summed E-state index contributed by atoms with van der Waals surface area (Å²) in [6.45, 7) is 5.75. The number of amides is 1. The Balaban J connectivity index is 1.73. The van der Waals surface area contributed by atoms with Gasteiger partial charge in [-0.2, -0.15) is 0 Å². The highest BCUT2D eigenvalue weighted by Gasteiger charge is 2.25. The highest BCUT2D eigenvalue weighted by molar-refractivity contribution is 5.96. The molecule has 2 heterocycles. The van der Waals surface area contributed by atoms with Gasteiger partial charge in [0.15, 0.2) is 0 Å². The molecule has 1 aliphatic rings. The van der Waals surface area contributed by atoms with E-state index in [9.17, 15) is 9.59 Å². The van der Waals surface area contributed by atoms with Crippen molar-refractivity contribution in [1.29, 1.82) is 0 Å². The number of nitrogens with one attached hydrogen (secondary N) is 1. The summed E-state index contributed by atoms with van der Waals surface area (Å²) in [4.78, 5) is 31.7. The number of pyridine rings is 1. The zero-order chi connectivity index (χ0) is 17.1. The number of aromatic amines is 1. The number of rotatable bonds is 4. The molecule has 0 bridgehead atoms. The summed E-state index contributed by atoms with van der Waals surface area (Å²) in [5.74, 6) is -0.114. The Bertz CT molecular complexity index is 778. The average molecular weight is 329 g/mol. The van der Waals surface area contributed by atoms with E-state index in [1.165, 1.54) is 0 Å². The van der Waals surface area contributed by atoms with Crippen molar-refractivity contribution in [2.75, 3.05) is 39.9 Å². The maximum absolute atomic E-state index is 12.7. The van der Waals surface area contributed by atoms with Crippen molar-refractivity contribution in [1.82, 2.24) is 14.8 Å². The van der Waals surface area contributed by atoms with E-state index in [1.807, 2.05) is 18.2 Å². The molecule has 1 atom stereocenters. The lowest BCUT2D eigenvalue weighted by atomic mass is 10.1. The van der Waals surface area contributed by atoms with Crippen LogP contribution in [0.3, 0.4) is 0 Å².